The lowest BCUT2D eigenvalue weighted by molar-refractivity contribution is 0.337. The van der Waals surface area contributed by atoms with Crippen molar-refractivity contribution in [3.63, 3.8) is 0 Å². The molecule has 2 rings (SSSR count). The molecule has 0 N–H and O–H groups in total. The lowest BCUT2D eigenvalue weighted by Crippen LogP contribution is -2.15. The summed E-state index contributed by atoms with van der Waals surface area (Å²) >= 11 is 0. The highest BCUT2D eigenvalue weighted by Gasteiger charge is 2.24. The van der Waals surface area contributed by atoms with Crippen molar-refractivity contribution < 1.29 is 0 Å². The number of terminal acetylenes is 1. The molecule has 1 atom stereocenters. The molecule has 0 aliphatic heterocycles. The first-order valence-electron chi connectivity index (χ1n) is 6.47. The van der Waals surface area contributed by atoms with E-state index in [4.69, 9.17) is 12.0 Å². The molecule has 0 saturated heterocycles. The quantitative estimate of drug-likeness (QED) is 0.311. The lowest BCUT2D eigenvalue weighted by Gasteiger charge is -2.27. The number of rotatable bonds is 3. The van der Waals surface area contributed by atoms with Gasteiger partial charge in [-0.2, -0.15) is 0 Å². The summed E-state index contributed by atoms with van der Waals surface area (Å²) in [5, 5.41) is 3.76. The number of nitrogens with zero attached hydrogens (tertiary/aromatic N) is 3. The van der Waals surface area contributed by atoms with Gasteiger partial charge < -0.3 is 0 Å². The highest BCUT2D eigenvalue weighted by atomic mass is 15.1. The molecule has 3 nitrogen and oxygen atoms in total. The summed E-state index contributed by atoms with van der Waals surface area (Å²) in [6.07, 6.45) is 11.9. The highest BCUT2D eigenvalue weighted by Crippen LogP contribution is 2.39. The van der Waals surface area contributed by atoms with Crippen LogP contribution in [0.5, 0.6) is 0 Å². The predicted octanol–water partition coefficient (Wildman–Crippen LogP) is 4.93. The van der Waals surface area contributed by atoms with Crippen molar-refractivity contribution in [1.82, 2.24) is 0 Å². The number of hydrogen-bond donors (Lipinski definition) is 0. The predicted molar refractivity (Wildman–Crippen MR) is 73.4 cm³/mol. The summed E-state index contributed by atoms with van der Waals surface area (Å²) in [6, 6.07) is 7.66. The van der Waals surface area contributed by atoms with Gasteiger partial charge in [0.1, 0.15) is 0 Å². The third-order valence-corrected chi connectivity index (χ3v) is 3.73. The maximum absolute atomic E-state index is 8.62. The summed E-state index contributed by atoms with van der Waals surface area (Å²) in [7, 11) is 0. The normalized spacial score (nSPS) is 17.5. The molecule has 1 aliphatic rings. The number of azide groups is 1. The van der Waals surface area contributed by atoms with E-state index < -0.39 is 0 Å². The Bertz CT molecular complexity index is 489. The summed E-state index contributed by atoms with van der Waals surface area (Å²) in [5.41, 5.74) is 10.3. The molecule has 1 fully saturated rings. The van der Waals surface area contributed by atoms with E-state index >= 15 is 0 Å². The van der Waals surface area contributed by atoms with Gasteiger partial charge in [0, 0.05) is 16.5 Å². The molecular formula is C15H17N3. The van der Waals surface area contributed by atoms with E-state index in [2.05, 4.69) is 15.9 Å². The molecule has 3 heteroatoms. The van der Waals surface area contributed by atoms with E-state index in [-0.39, 0.29) is 5.92 Å². The minimum absolute atomic E-state index is 0.0759. The average Bonchev–Trinajstić information content (AvgIpc) is 2.43. The van der Waals surface area contributed by atoms with Crippen molar-refractivity contribution in [3.8, 4) is 12.3 Å². The Morgan fingerprint density at radius 2 is 2.00 bits per heavy atom. The zero-order valence-corrected chi connectivity index (χ0v) is 10.4. The van der Waals surface area contributed by atoms with E-state index in [1.807, 2.05) is 24.3 Å². The van der Waals surface area contributed by atoms with Crippen molar-refractivity contribution in [2.45, 2.75) is 38.0 Å². The Morgan fingerprint density at radius 3 is 2.67 bits per heavy atom. The van der Waals surface area contributed by atoms with Crippen LogP contribution in [0.4, 0.5) is 5.69 Å². The zero-order chi connectivity index (χ0) is 12.8. The minimum atomic E-state index is 0.0759. The molecule has 0 amide bonds. The summed E-state index contributed by atoms with van der Waals surface area (Å²) in [6.45, 7) is 0. The van der Waals surface area contributed by atoms with Gasteiger partial charge in [-0.3, -0.25) is 0 Å². The lowest BCUT2D eigenvalue weighted by atomic mass is 9.77. The van der Waals surface area contributed by atoms with Crippen molar-refractivity contribution in [2.24, 2.45) is 11.0 Å². The van der Waals surface area contributed by atoms with Crippen molar-refractivity contribution in [3.05, 3.63) is 40.3 Å². The van der Waals surface area contributed by atoms with Crippen LogP contribution < -0.4 is 0 Å². The van der Waals surface area contributed by atoms with E-state index in [0.717, 1.165) is 5.56 Å². The second-order valence-electron chi connectivity index (χ2n) is 4.79. The van der Waals surface area contributed by atoms with Gasteiger partial charge in [0.15, 0.2) is 0 Å². The molecule has 1 aromatic carbocycles. The Balaban J connectivity index is 2.32. The van der Waals surface area contributed by atoms with E-state index in [0.29, 0.717) is 11.6 Å². The second kappa shape index (κ2) is 6.14. The Morgan fingerprint density at radius 1 is 1.28 bits per heavy atom. The molecule has 1 saturated carbocycles. The van der Waals surface area contributed by atoms with Crippen molar-refractivity contribution >= 4 is 5.69 Å². The van der Waals surface area contributed by atoms with E-state index in [1.165, 1.54) is 32.1 Å². The fourth-order valence-electron chi connectivity index (χ4n) is 2.84. The molecule has 1 aromatic rings. The number of hydrogen-bond acceptors (Lipinski definition) is 1. The largest absolute Gasteiger partial charge is 0.119 e. The van der Waals surface area contributed by atoms with Crippen LogP contribution in [0.15, 0.2) is 29.4 Å². The zero-order valence-electron chi connectivity index (χ0n) is 10.4. The summed E-state index contributed by atoms with van der Waals surface area (Å²) < 4.78 is 0. The van der Waals surface area contributed by atoms with Crippen LogP contribution in [0.25, 0.3) is 10.4 Å². The molecule has 18 heavy (non-hydrogen) atoms. The smallest absolute Gasteiger partial charge is 0.0482 e. The van der Waals surface area contributed by atoms with Crippen molar-refractivity contribution in [1.29, 1.82) is 0 Å². The first-order valence-corrected chi connectivity index (χ1v) is 6.47. The highest BCUT2D eigenvalue weighted by molar-refractivity contribution is 5.50. The first kappa shape index (κ1) is 12.5. The Hall–Kier alpha value is -1.91. The van der Waals surface area contributed by atoms with Gasteiger partial charge >= 0.3 is 0 Å². The second-order valence-corrected chi connectivity index (χ2v) is 4.79. The third-order valence-electron chi connectivity index (χ3n) is 3.73. The van der Waals surface area contributed by atoms with Gasteiger partial charge in [0.25, 0.3) is 0 Å². The Labute approximate surface area is 108 Å². The van der Waals surface area contributed by atoms with Crippen LogP contribution in [-0.4, -0.2) is 0 Å². The van der Waals surface area contributed by atoms with Gasteiger partial charge in [-0.05, 0) is 29.9 Å². The van der Waals surface area contributed by atoms with Crippen LogP contribution in [-0.2, 0) is 0 Å². The molecule has 0 heterocycles. The Kier molecular flexibility index (Phi) is 4.28. The monoisotopic (exact) mass is 239 g/mol. The minimum Gasteiger partial charge on any atom is -0.119 e. The summed E-state index contributed by atoms with van der Waals surface area (Å²) in [5.74, 6) is 3.51. The van der Waals surface area contributed by atoms with Gasteiger partial charge in [-0.1, -0.05) is 54.6 Å². The fraction of sp³-hybridized carbons (Fsp3) is 0.467. The molecule has 0 bridgehead atoms. The average molecular weight is 239 g/mol. The van der Waals surface area contributed by atoms with Gasteiger partial charge in [0.2, 0.25) is 0 Å². The molecule has 0 radical (unpaired) electrons. The molecule has 0 aromatic heterocycles. The molecule has 1 aliphatic carbocycles. The topological polar surface area (TPSA) is 48.8 Å². The van der Waals surface area contributed by atoms with E-state index in [9.17, 15) is 0 Å². The molecule has 0 spiro atoms. The molecule has 1 unspecified atom stereocenters. The van der Waals surface area contributed by atoms with Crippen molar-refractivity contribution in [2.75, 3.05) is 0 Å². The van der Waals surface area contributed by atoms with Crippen LogP contribution in [0, 0.1) is 18.3 Å². The SMILES string of the molecule is C#CC(c1ccccc1N=[N+]=[N-])C1CCCCC1. The third kappa shape index (κ3) is 2.67. The van der Waals surface area contributed by atoms with Gasteiger partial charge in [0.05, 0.1) is 0 Å². The molecular weight excluding hydrogens is 222 g/mol. The van der Waals surface area contributed by atoms with Gasteiger partial charge in [-0.15, -0.1) is 6.42 Å². The van der Waals surface area contributed by atoms with Crippen LogP contribution in [0.2, 0.25) is 0 Å². The van der Waals surface area contributed by atoms with Gasteiger partial charge in [-0.25, -0.2) is 0 Å². The first-order chi connectivity index (χ1) is 8.86. The standard InChI is InChI=1S/C15H17N3/c1-2-13(12-8-4-3-5-9-12)14-10-6-7-11-15(14)17-18-16/h1,6-7,10-13H,3-5,8-9H2. The fourth-order valence-corrected chi connectivity index (χ4v) is 2.84. The summed E-state index contributed by atoms with van der Waals surface area (Å²) in [4.78, 5) is 2.88. The van der Waals surface area contributed by atoms with Crippen LogP contribution in [0.1, 0.15) is 43.6 Å². The maximum atomic E-state index is 8.62. The maximum Gasteiger partial charge on any atom is 0.0482 e. The van der Waals surface area contributed by atoms with Crippen LogP contribution >= 0.6 is 0 Å². The van der Waals surface area contributed by atoms with E-state index in [1.54, 1.807) is 0 Å². The van der Waals surface area contributed by atoms with Crippen LogP contribution in [0.3, 0.4) is 0 Å². The number of benzene rings is 1. The molecule has 92 valence electrons.